The fourth-order valence-electron chi connectivity index (χ4n) is 3.36. The van der Waals surface area contributed by atoms with E-state index in [4.69, 9.17) is 9.15 Å². The zero-order chi connectivity index (χ0) is 21.8. The minimum absolute atomic E-state index is 0.410. The Morgan fingerprint density at radius 3 is 2.53 bits per heavy atom. The van der Waals surface area contributed by atoms with Crippen LogP contribution in [0.2, 0.25) is 0 Å². The molecule has 32 heavy (non-hydrogen) atoms. The van der Waals surface area contributed by atoms with Crippen molar-refractivity contribution in [3.63, 3.8) is 0 Å². The molecule has 4 nitrogen and oxygen atoms in total. The largest absolute Gasteiger partial charge is 0.489 e. The van der Waals surface area contributed by atoms with Gasteiger partial charge in [0.25, 0.3) is 0 Å². The lowest BCUT2D eigenvalue weighted by Crippen LogP contribution is -2.02. The van der Waals surface area contributed by atoms with Crippen molar-refractivity contribution < 1.29 is 9.15 Å². The number of hydrogen-bond donors (Lipinski definition) is 0. The van der Waals surface area contributed by atoms with Gasteiger partial charge in [-0.25, -0.2) is 9.78 Å². The fourth-order valence-corrected chi connectivity index (χ4v) is 4.19. The second-order valence-corrected chi connectivity index (χ2v) is 8.03. The Bertz CT molecular complexity index is 1440. The molecule has 5 aromatic rings. The number of hydrogen-bond acceptors (Lipinski definition) is 5. The summed E-state index contributed by atoms with van der Waals surface area (Å²) in [5.41, 5.74) is 3.52. The quantitative estimate of drug-likeness (QED) is 0.278. The molecular weight excluding hydrogens is 418 g/mol. The topological polar surface area (TPSA) is 52.3 Å². The van der Waals surface area contributed by atoms with Crippen molar-refractivity contribution in [2.24, 2.45) is 0 Å². The molecule has 2 aromatic heterocycles. The van der Waals surface area contributed by atoms with E-state index in [0.29, 0.717) is 28.5 Å². The maximum absolute atomic E-state index is 12.7. The number of ether oxygens (including phenoxy) is 1. The van der Waals surface area contributed by atoms with E-state index >= 15 is 0 Å². The molecule has 0 bridgehead atoms. The SMILES string of the molecule is O=c1oc2cc(OC/C=C/c3ccccc3)ccc2cc1-c1nc(-c2ccccc2)cs1. The fraction of sp³-hybridized carbons (Fsp3) is 0.0370. The summed E-state index contributed by atoms with van der Waals surface area (Å²) in [6, 6.07) is 27.3. The maximum Gasteiger partial charge on any atom is 0.346 e. The Morgan fingerprint density at radius 1 is 0.938 bits per heavy atom. The van der Waals surface area contributed by atoms with Gasteiger partial charge >= 0.3 is 5.63 Å². The van der Waals surface area contributed by atoms with Gasteiger partial charge < -0.3 is 9.15 Å². The standard InChI is InChI=1S/C27H19NO3S/c29-27-23(26-28-24(18-32-26)20-11-5-2-6-12-20)16-21-13-14-22(17-25(21)31-27)30-15-7-10-19-8-3-1-4-9-19/h1-14,16-18H,15H2/b10-7+. The predicted octanol–water partition coefficient (Wildman–Crippen LogP) is 6.68. The van der Waals surface area contributed by atoms with Crippen molar-refractivity contribution in [3.8, 4) is 27.6 Å². The molecule has 5 rings (SSSR count). The van der Waals surface area contributed by atoms with Crippen molar-refractivity contribution in [2.45, 2.75) is 0 Å². The molecule has 0 spiro atoms. The molecule has 2 heterocycles. The highest BCUT2D eigenvalue weighted by molar-refractivity contribution is 7.13. The van der Waals surface area contributed by atoms with Crippen LogP contribution in [-0.2, 0) is 0 Å². The van der Waals surface area contributed by atoms with Crippen molar-refractivity contribution in [2.75, 3.05) is 6.61 Å². The van der Waals surface area contributed by atoms with Gasteiger partial charge in [0.05, 0.1) is 11.3 Å². The molecule has 0 amide bonds. The summed E-state index contributed by atoms with van der Waals surface area (Å²) >= 11 is 1.43. The normalized spacial score (nSPS) is 11.2. The number of benzene rings is 3. The molecule has 0 saturated heterocycles. The Balaban J connectivity index is 1.35. The average molecular weight is 438 g/mol. The minimum Gasteiger partial charge on any atom is -0.489 e. The number of fused-ring (bicyclic) bond motifs is 1. The highest BCUT2D eigenvalue weighted by Gasteiger charge is 2.13. The molecule has 0 aliphatic carbocycles. The lowest BCUT2D eigenvalue weighted by atomic mass is 10.1. The summed E-state index contributed by atoms with van der Waals surface area (Å²) < 4.78 is 11.4. The predicted molar refractivity (Wildman–Crippen MR) is 130 cm³/mol. The summed E-state index contributed by atoms with van der Waals surface area (Å²) in [4.78, 5) is 17.3. The molecule has 0 fully saturated rings. The Morgan fingerprint density at radius 2 is 1.72 bits per heavy atom. The lowest BCUT2D eigenvalue weighted by molar-refractivity contribution is 0.363. The van der Waals surface area contributed by atoms with Gasteiger partial charge in [-0.05, 0) is 29.8 Å². The summed E-state index contributed by atoms with van der Waals surface area (Å²) in [7, 11) is 0. The van der Waals surface area contributed by atoms with Gasteiger partial charge in [0.1, 0.15) is 22.9 Å². The van der Waals surface area contributed by atoms with Crippen LogP contribution >= 0.6 is 11.3 Å². The summed E-state index contributed by atoms with van der Waals surface area (Å²) in [6.45, 7) is 0.421. The van der Waals surface area contributed by atoms with E-state index in [-0.39, 0.29) is 0 Å². The third-order valence-electron chi connectivity index (χ3n) is 4.97. The molecule has 0 N–H and O–H groups in total. The highest BCUT2D eigenvalue weighted by Crippen LogP contribution is 2.29. The van der Waals surface area contributed by atoms with Crippen LogP contribution in [0.25, 0.3) is 38.9 Å². The number of rotatable bonds is 6. The average Bonchev–Trinajstić information content (AvgIpc) is 3.33. The Labute approximate surface area is 189 Å². The Hall–Kier alpha value is -3.96. The smallest absolute Gasteiger partial charge is 0.346 e. The molecule has 0 radical (unpaired) electrons. The summed E-state index contributed by atoms with van der Waals surface area (Å²) in [5.74, 6) is 0.645. The van der Waals surface area contributed by atoms with Gasteiger partial charge in [0.15, 0.2) is 0 Å². The molecule has 0 aliphatic heterocycles. The van der Waals surface area contributed by atoms with Crippen LogP contribution in [0.3, 0.4) is 0 Å². The van der Waals surface area contributed by atoms with E-state index in [9.17, 15) is 4.79 Å². The second-order valence-electron chi connectivity index (χ2n) is 7.18. The van der Waals surface area contributed by atoms with Gasteiger partial charge in [0, 0.05) is 22.4 Å². The van der Waals surface area contributed by atoms with Crippen molar-refractivity contribution in [1.29, 1.82) is 0 Å². The van der Waals surface area contributed by atoms with E-state index in [1.54, 1.807) is 6.07 Å². The molecule has 0 unspecified atom stereocenters. The van der Waals surface area contributed by atoms with E-state index < -0.39 is 5.63 Å². The van der Waals surface area contributed by atoms with Crippen LogP contribution < -0.4 is 10.4 Å². The van der Waals surface area contributed by atoms with Crippen LogP contribution in [0.15, 0.2) is 106 Å². The van der Waals surface area contributed by atoms with Gasteiger partial charge in [0.2, 0.25) is 0 Å². The van der Waals surface area contributed by atoms with Gasteiger partial charge in [-0.1, -0.05) is 66.7 Å². The van der Waals surface area contributed by atoms with Gasteiger partial charge in [-0.15, -0.1) is 11.3 Å². The van der Waals surface area contributed by atoms with E-state index in [1.165, 1.54) is 11.3 Å². The first kappa shape index (κ1) is 20.0. The first-order chi connectivity index (χ1) is 15.8. The van der Waals surface area contributed by atoms with Gasteiger partial charge in [-0.3, -0.25) is 0 Å². The van der Waals surface area contributed by atoms with Crippen molar-refractivity contribution in [1.82, 2.24) is 4.98 Å². The first-order valence-electron chi connectivity index (χ1n) is 10.2. The van der Waals surface area contributed by atoms with Crippen molar-refractivity contribution in [3.05, 3.63) is 112 Å². The summed E-state index contributed by atoms with van der Waals surface area (Å²) in [5, 5.41) is 3.42. The molecule has 0 atom stereocenters. The minimum atomic E-state index is -0.410. The van der Waals surface area contributed by atoms with Crippen LogP contribution in [0.4, 0.5) is 0 Å². The molecule has 0 aliphatic rings. The Kier molecular flexibility index (Phi) is 5.64. The van der Waals surface area contributed by atoms with E-state index in [1.807, 2.05) is 96.4 Å². The zero-order valence-corrected chi connectivity index (χ0v) is 17.9. The number of aromatic nitrogens is 1. The molecule has 3 aromatic carbocycles. The molecule has 0 saturated carbocycles. The monoisotopic (exact) mass is 437 g/mol. The molecule has 5 heteroatoms. The third kappa shape index (κ3) is 4.38. The van der Waals surface area contributed by atoms with Crippen LogP contribution in [0.5, 0.6) is 5.75 Å². The highest BCUT2D eigenvalue weighted by atomic mass is 32.1. The van der Waals surface area contributed by atoms with Crippen LogP contribution in [0.1, 0.15) is 5.56 Å². The second kappa shape index (κ2) is 9.04. The maximum atomic E-state index is 12.7. The van der Waals surface area contributed by atoms with Crippen molar-refractivity contribution >= 4 is 28.4 Å². The summed E-state index contributed by atoms with van der Waals surface area (Å²) in [6.07, 6.45) is 3.96. The molecular formula is C27H19NO3S. The van der Waals surface area contributed by atoms with Crippen LogP contribution in [0, 0.1) is 0 Å². The zero-order valence-electron chi connectivity index (χ0n) is 17.1. The third-order valence-corrected chi connectivity index (χ3v) is 5.84. The lowest BCUT2D eigenvalue weighted by Gasteiger charge is -2.05. The van der Waals surface area contributed by atoms with E-state index in [0.717, 1.165) is 22.2 Å². The number of nitrogens with zero attached hydrogens (tertiary/aromatic N) is 1. The first-order valence-corrected chi connectivity index (χ1v) is 11.1. The molecule has 156 valence electrons. The van der Waals surface area contributed by atoms with E-state index in [2.05, 4.69) is 4.98 Å². The van der Waals surface area contributed by atoms with Crippen LogP contribution in [-0.4, -0.2) is 11.6 Å². The van der Waals surface area contributed by atoms with Gasteiger partial charge in [-0.2, -0.15) is 0 Å². The number of thiazole rings is 1.